The Hall–Kier alpha value is -3.52. The minimum Gasteiger partial charge on any atom is -0.481 e. The van der Waals surface area contributed by atoms with Crippen molar-refractivity contribution in [1.29, 1.82) is 0 Å². The summed E-state index contributed by atoms with van der Waals surface area (Å²) in [5, 5.41) is 21.9. The predicted octanol–water partition coefficient (Wildman–Crippen LogP) is 2.85. The Balaban J connectivity index is 1.54. The van der Waals surface area contributed by atoms with Crippen LogP contribution >= 0.6 is 11.3 Å². The van der Waals surface area contributed by atoms with Crippen LogP contribution in [-0.2, 0) is 35.2 Å². The van der Waals surface area contributed by atoms with E-state index in [1.54, 1.807) is 16.8 Å². The SMILES string of the molecule is Cc1ncsc1-c1ccc(CNC(=O)[C@@H]2C[C@@H](O)CN2C(=O)C(C=NC(=O)CCOCCOCCC(=O)O)C(C)(C)C)cc1. The largest absolute Gasteiger partial charge is 0.481 e. The number of hydrogen-bond donors (Lipinski definition) is 3. The van der Waals surface area contributed by atoms with E-state index < -0.39 is 35.4 Å². The van der Waals surface area contributed by atoms with Crippen LogP contribution in [-0.4, -0.2) is 95.1 Å². The van der Waals surface area contributed by atoms with Crippen LogP contribution in [0, 0.1) is 18.3 Å². The number of aromatic nitrogens is 1. The summed E-state index contributed by atoms with van der Waals surface area (Å²) < 4.78 is 10.5. The third-order valence-corrected chi connectivity index (χ3v) is 8.13. The summed E-state index contributed by atoms with van der Waals surface area (Å²) >= 11 is 1.57. The van der Waals surface area contributed by atoms with Crippen molar-refractivity contribution in [2.45, 2.75) is 65.6 Å². The van der Waals surface area contributed by atoms with Crippen LogP contribution in [0.3, 0.4) is 0 Å². The smallest absolute Gasteiger partial charge is 0.305 e. The number of rotatable bonds is 15. The second-order valence-corrected chi connectivity index (χ2v) is 12.6. The van der Waals surface area contributed by atoms with Crippen molar-refractivity contribution in [3.05, 3.63) is 41.0 Å². The van der Waals surface area contributed by atoms with Gasteiger partial charge in [0.1, 0.15) is 6.04 Å². The van der Waals surface area contributed by atoms with E-state index in [9.17, 15) is 24.3 Å². The summed E-state index contributed by atoms with van der Waals surface area (Å²) in [4.78, 5) is 60.5. The molecule has 44 heavy (non-hydrogen) atoms. The number of aliphatic hydroxyl groups is 1. The number of carbonyl (C=O) groups excluding carboxylic acids is 3. The lowest BCUT2D eigenvalue weighted by Gasteiger charge is -2.32. The number of carbonyl (C=O) groups is 4. The number of nitrogens with zero attached hydrogens (tertiary/aromatic N) is 3. The van der Waals surface area contributed by atoms with Gasteiger partial charge in [-0.2, -0.15) is 0 Å². The van der Waals surface area contributed by atoms with Gasteiger partial charge in [-0.1, -0.05) is 45.0 Å². The number of thiazole rings is 1. The number of amides is 3. The topological polar surface area (TPSA) is 168 Å². The molecule has 1 saturated heterocycles. The first-order valence-corrected chi connectivity index (χ1v) is 15.4. The number of aliphatic imine (C=N–C) groups is 1. The Morgan fingerprint density at radius 3 is 2.36 bits per heavy atom. The van der Waals surface area contributed by atoms with Gasteiger partial charge in [-0.05, 0) is 23.5 Å². The number of aliphatic hydroxyl groups excluding tert-OH is 1. The molecule has 1 aliphatic rings. The Kier molecular flexibility index (Phi) is 13.1. The number of ether oxygens (including phenoxy) is 2. The van der Waals surface area contributed by atoms with E-state index in [0.29, 0.717) is 0 Å². The minimum absolute atomic E-state index is 0.00502. The van der Waals surface area contributed by atoms with Gasteiger partial charge in [0.2, 0.25) is 17.7 Å². The van der Waals surface area contributed by atoms with Crippen LogP contribution in [0.2, 0.25) is 0 Å². The maximum atomic E-state index is 13.7. The number of likely N-dealkylation sites (tertiary alicyclic amines) is 1. The van der Waals surface area contributed by atoms with E-state index in [1.807, 2.05) is 52.0 Å². The zero-order valence-corrected chi connectivity index (χ0v) is 26.5. The van der Waals surface area contributed by atoms with Crippen LogP contribution in [0.25, 0.3) is 10.4 Å². The summed E-state index contributed by atoms with van der Waals surface area (Å²) in [6.07, 6.45) is 0.499. The minimum atomic E-state index is -0.943. The van der Waals surface area contributed by atoms with Crippen molar-refractivity contribution in [2.75, 3.05) is 33.0 Å². The number of carboxylic acid groups (broad SMARTS) is 1. The summed E-state index contributed by atoms with van der Waals surface area (Å²) in [6.45, 7) is 8.38. The van der Waals surface area contributed by atoms with Crippen molar-refractivity contribution in [3.63, 3.8) is 0 Å². The maximum absolute atomic E-state index is 13.7. The molecule has 0 bridgehead atoms. The first kappa shape index (κ1) is 35.0. The van der Waals surface area contributed by atoms with E-state index in [0.717, 1.165) is 21.7 Å². The molecule has 12 nitrogen and oxygen atoms in total. The number of benzene rings is 1. The van der Waals surface area contributed by atoms with Crippen LogP contribution < -0.4 is 5.32 Å². The summed E-state index contributed by atoms with van der Waals surface area (Å²) in [7, 11) is 0. The molecule has 0 radical (unpaired) electrons. The van der Waals surface area contributed by atoms with Crippen LogP contribution in [0.4, 0.5) is 0 Å². The zero-order chi connectivity index (χ0) is 32.3. The highest BCUT2D eigenvalue weighted by atomic mass is 32.1. The number of β-amino-alcohol motifs (C(OH)–C–C–N with tert-alkyl or cyclic N) is 1. The molecule has 0 saturated carbocycles. The molecule has 0 spiro atoms. The molecule has 2 heterocycles. The molecule has 0 aliphatic carbocycles. The summed E-state index contributed by atoms with van der Waals surface area (Å²) in [5.74, 6) is -2.96. The molecule has 1 aromatic heterocycles. The number of hydrogen-bond acceptors (Lipinski definition) is 9. The average Bonchev–Trinajstić information content (AvgIpc) is 3.57. The lowest BCUT2D eigenvalue weighted by atomic mass is 9.80. The second kappa shape index (κ2) is 16.5. The molecule has 1 unspecified atom stereocenters. The molecule has 240 valence electrons. The maximum Gasteiger partial charge on any atom is 0.305 e. The van der Waals surface area contributed by atoms with Crippen LogP contribution in [0.5, 0.6) is 0 Å². The monoisotopic (exact) mass is 630 g/mol. The fraction of sp³-hybridized carbons (Fsp3) is 0.548. The molecule has 2 aromatic rings. The third kappa shape index (κ3) is 10.6. The molecule has 1 fully saturated rings. The second-order valence-electron chi connectivity index (χ2n) is 11.7. The standard InChI is InChI=1S/C31H42N4O8S/c1-20-28(44-19-34-20)22-7-5-21(6-8-22)16-33-29(40)25-15-23(36)18-35(25)30(41)24(31(2,3)4)17-32-26(37)9-11-42-13-14-43-12-10-27(38)39/h5-8,17,19,23-25,36H,9-16,18H2,1-4H3,(H,33,40)(H,38,39)/t23-,24?,25+/m1/s1. The van der Waals surface area contributed by atoms with Crippen molar-refractivity contribution in [1.82, 2.24) is 15.2 Å². The zero-order valence-electron chi connectivity index (χ0n) is 25.7. The van der Waals surface area contributed by atoms with Gasteiger partial charge in [-0.15, -0.1) is 11.3 Å². The summed E-state index contributed by atoms with van der Waals surface area (Å²) in [5.41, 5.74) is 4.11. The fourth-order valence-electron chi connectivity index (χ4n) is 4.67. The highest BCUT2D eigenvalue weighted by Crippen LogP contribution is 2.30. The first-order valence-electron chi connectivity index (χ1n) is 14.6. The Morgan fingerprint density at radius 2 is 1.77 bits per heavy atom. The van der Waals surface area contributed by atoms with E-state index in [4.69, 9.17) is 14.6 Å². The van der Waals surface area contributed by atoms with E-state index in [-0.39, 0.29) is 70.6 Å². The lowest BCUT2D eigenvalue weighted by molar-refractivity contribution is -0.142. The Morgan fingerprint density at radius 1 is 1.11 bits per heavy atom. The highest BCUT2D eigenvalue weighted by molar-refractivity contribution is 7.13. The van der Waals surface area contributed by atoms with Crippen molar-refractivity contribution < 1.29 is 38.9 Å². The van der Waals surface area contributed by atoms with Gasteiger partial charge >= 0.3 is 5.97 Å². The molecule has 3 amide bonds. The molecular weight excluding hydrogens is 588 g/mol. The molecule has 1 aliphatic heterocycles. The first-order chi connectivity index (χ1) is 20.9. The predicted molar refractivity (Wildman–Crippen MR) is 165 cm³/mol. The molecule has 3 atom stereocenters. The van der Waals surface area contributed by atoms with Gasteiger partial charge < -0.3 is 29.9 Å². The van der Waals surface area contributed by atoms with Crippen molar-refractivity contribution in [3.8, 4) is 10.4 Å². The average molecular weight is 631 g/mol. The van der Waals surface area contributed by atoms with Crippen molar-refractivity contribution >= 4 is 41.2 Å². The van der Waals surface area contributed by atoms with Crippen molar-refractivity contribution in [2.24, 2.45) is 16.3 Å². The van der Waals surface area contributed by atoms with Crippen LogP contribution in [0.1, 0.15) is 51.3 Å². The Bertz CT molecular complexity index is 1300. The summed E-state index contributed by atoms with van der Waals surface area (Å²) in [6, 6.07) is 6.99. The number of aliphatic carboxylic acids is 1. The highest BCUT2D eigenvalue weighted by Gasteiger charge is 2.43. The quantitative estimate of drug-likeness (QED) is 0.198. The Labute approximate surface area is 261 Å². The lowest BCUT2D eigenvalue weighted by Crippen LogP contribution is -2.50. The number of nitrogens with one attached hydrogen (secondary N) is 1. The number of carboxylic acids is 1. The van der Waals surface area contributed by atoms with Gasteiger partial charge in [0, 0.05) is 25.7 Å². The molecule has 1 aromatic carbocycles. The molecule has 3 rings (SSSR count). The van der Waals surface area contributed by atoms with Gasteiger partial charge in [0.15, 0.2) is 0 Å². The van der Waals surface area contributed by atoms with E-state index in [1.165, 1.54) is 11.1 Å². The van der Waals surface area contributed by atoms with Gasteiger partial charge in [0.25, 0.3) is 0 Å². The van der Waals surface area contributed by atoms with Gasteiger partial charge in [-0.25, -0.2) is 9.98 Å². The molecule has 13 heteroatoms. The molecular formula is C31H42N4O8S. The van der Waals surface area contributed by atoms with E-state index >= 15 is 0 Å². The fourth-order valence-corrected chi connectivity index (χ4v) is 5.48. The number of aryl methyl sites for hydroxylation is 1. The van der Waals surface area contributed by atoms with Crippen LogP contribution in [0.15, 0.2) is 34.8 Å². The molecule has 3 N–H and O–H groups in total. The third-order valence-electron chi connectivity index (χ3n) is 7.15. The van der Waals surface area contributed by atoms with E-state index in [2.05, 4.69) is 15.3 Å². The van der Waals surface area contributed by atoms with Gasteiger partial charge in [0.05, 0.1) is 67.4 Å². The van der Waals surface area contributed by atoms with Gasteiger partial charge in [-0.3, -0.25) is 19.2 Å². The normalized spacial score (nSPS) is 17.6.